The van der Waals surface area contributed by atoms with Gasteiger partial charge in [0.25, 0.3) is 0 Å². The third-order valence-corrected chi connectivity index (χ3v) is 1.90. The normalized spacial score (nSPS) is 10.3. The van der Waals surface area contributed by atoms with Crippen LogP contribution in [-0.4, -0.2) is 19.9 Å². The van der Waals surface area contributed by atoms with E-state index in [1.165, 1.54) is 18.6 Å². The zero-order valence-corrected chi connectivity index (χ0v) is 7.73. The quantitative estimate of drug-likeness (QED) is 0.282. The highest BCUT2D eigenvalue weighted by atomic mass is 32.1. The minimum Gasteiger partial charge on any atom is -0.619 e. The van der Waals surface area contributed by atoms with Gasteiger partial charge in [-0.2, -0.15) is 9.83 Å². The van der Waals surface area contributed by atoms with Crippen molar-refractivity contribution in [2.24, 2.45) is 0 Å². The van der Waals surface area contributed by atoms with Crippen molar-refractivity contribution in [1.82, 2.24) is 19.9 Å². The Labute approximate surface area is 83.4 Å². The molecule has 14 heavy (non-hydrogen) atoms. The molecule has 0 radical (unpaired) electrons. The van der Waals surface area contributed by atoms with Crippen LogP contribution >= 0.6 is 12.2 Å². The summed E-state index contributed by atoms with van der Waals surface area (Å²) in [6.45, 7) is 0. The fraction of sp³-hybridized carbons (Fsp3) is 0. The summed E-state index contributed by atoms with van der Waals surface area (Å²) in [5.41, 5.74) is 0.359. The average molecular weight is 210 g/mol. The van der Waals surface area contributed by atoms with Crippen LogP contribution in [-0.2, 0) is 0 Å². The van der Waals surface area contributed by atoms with Crippen LogP contribution in [0.15, 0.2) is 18.6 Å². The van der Waals surface area contributed by atoms with E-state index in [1.807, 2.05) is 0 Å². The Morgan fingerprint density at radius 3 is 3.00 bits per heavy atom. The molecule has 0 saturated heterocycles. The zero-order valence-electron chi connectivity index (χ0n) is 6.91. The van der Waals surface area contributed by atoms with Crippen molar-refractivity contribution < 1.29 is 4.73 Å². The van der Waals surface area contributed by atoms with E-state index >= 15 is 0 Å². The van der Waals surface area contributed by atoms with E-state index in [0.717, 1.165) is 4.68 Å². The van der Waals surface area contributed by atoms with Crippen molar-refractivity contribution >= 4 is 12.2 Å². The first-order valence-corrected chi connectivity index (χ1v) is 4.07. The van der Waals surface area contributed by atoms with Crippen LogP contribution in [0, 0.1) is 9.98 Å². The molecule has 0 spiro atoms. The molecule has 7 nitrogen and oxygen atoms in total. The molecule has 0 aliphatic rings. The molecule has 2 aromatic heterocycles. The smallest absolute Gasteiger partial charge is 0.214 e. The number of nitrogens with two attached hydrogens (primary N) is 1. The van der Waals surface area contributed by atoms with Gasteiger partial charge in [0.2, 0.25) is 16.8 Å². The van der Waals surface area contributed by atoms with Gasteiger partial charge in [0.05, 0.1) is 6.20 Å². The van der Waals surface area contributed by atoms with E-state index in [0.29, 0.717) is 16.2 Å². The van der Waals surface area contributed by atoms with Gasteiger partial charge in [-0.15, -0.1) is 0 Å². The van der Waals surface area contributed by atoms with Gasteiger partial charge in [0, 0.05) is 0 Å². The Hall–Kier alpha value is -1.96. The maximum atomic E-state index is 10.9. The van der Waals surface area contributed by atoms with E-state index in [1.54, 1.807) is 0 Å². The second-order valence-corrected chi connectivity index (χ2v) is 2.91. The Balaban J connectivity index is 2.60. The SMILES string of the molecule is Nn1c(-c2c[n+]([O-])ccn2)n[nH]c1=S. The molecule has 2 aromatic rings. The molecule has 0 unspecified atom stereocenters. The molecular weight excluding hydrogens is 204 g/mol. The van der Waals surface area contributed by atoms with Gasteiger partial charge < -0.3 is 11.0 Å². The number of nitrogens with one attached hydrogen (secondary N) is 1. The first-order valence-electron chi connectivity index (χ1n) is 3.66. The summed E-state index contributed by atoms with van der Waals surface area (Å²) in [7, 11) is 0. The number of aromatic amines is 1. The molecule has 0 bridgehead atoms. The van der Waals surface area contributed by atoms with Gasteiger partial charge in [-0.3, -0.25) is 0 Å². The number of H-pyrrole nitrogens is 1. The molecule has 0 aromatic carbocycles. The minimum absolute atomic E-state index is 0.267. The highest BCUT2D eigenvalue weighted by Gasteiger charge is 2.10. The first-order chi connectivity index (χ1) is 6.68. The van der Waals surface area contributed by atoms with Crippen LogP contribution in [0.4, 0.5) is 0 Å². The van der Waals surface area contributed by atoms with Crippen LogP contribution in [0.25, 0.3) is 11.5 Å². The standard InChI is InChI=1S/C6H6N6OS/c7-12-5(9-10-6(12)14)4-3-11(13)2-1-8-4/h1-3H,7H2,(H,10,14). The number of nitrogen functional groups attached to an aromatic ring is 1. The van der Waals surface area contributed by atoms with Crippen molar-refractivity contribution in [2.75, 3.05) is 5.84 Å². The van der Waals surface area contributed by atoms with E-state index in [9.17, 15) is 5.21 Å². The highest BCUT2D eigenvalue weighted by Crippen LogP contribution is 2.08. The monoisotopic (exact) mass is 210 g/mol. The predicted molar refractivity (Wildman–Crippen MR) is 49.8 cm³/mol. The van der Waals surface area contributed by atoms with Crippen molar-refractivity contribution in [1.29, 1.82) is 0 Å². The molecular formula is C6H6N6OS. The Bertz CT molecular complexity index is 517. The van der Waals surface area contributed by atoms with Gasteiger partial charge in [-0.1, -0.05) is 0 Å². The molecule has 0 aliphatic carbocycles. The largest absolute Gasteiger partial charge is 0.619 e. The van der Waals surface area contributed by atoms with Crippen LogP contribution in [0.5, 0.6) is 0 Å². The molecule has 0 amide bonds. The van der Waals surface area contributed by atoms with Gasteiger partial charge in [0.1, 0.15) is 0 Å². The maximum absolute atomic E-state index is 10.9. The van der Waals surface area contributed by atoms with Gasteiger partial charge in [-0.05, 0) is 12.2 Å². The number of rotatable bonds is 1. The number of hydrogen-bond donors (Lipinski definition) is 2. The number of nitrogens with zero attached hydrogens (tertiary/aromatic N) is 4. The van der Waals surface area contributed by atoms with E-state index in [2.05, 4.69) is 15.2 Å². The molecule has 72 valence electrons. The Morgan fingerprint density at radius 2 is 2.43 bits per heavy atom. The van der Waals surface area contributed by atoms with E-state index < -0.39 is 0 Å². The van der Waals surface area contributed by atoms with Crippen molar-refractivity contribution in [3.8, 4) is 11.5 Å². The van der Waals surface area contributed by atoms with Crippen LogP contribution in [0.3, 0.4) is 0 Å². The fourth-order valence-electron chi connectivity index (χ4n) is 0.977. The maximum Gasteiger partial charge on any atom is 0.214 e. The van der Waals surface area contributed by atoms with Crippen LogP contribution < -0.4 is 10.6 Å². The highest BCUT2D eigenvalue weighted by molar-refractivity contribution is 7.71. The number of hydrogen-bond acceptors (Lipinski definition) is 5. The summed E-state index contributed by atoms with van der Waals surface area (Å²) in [4.78, 5) is 3.93. The van der Waals surface area contributed by atoms with Crippen LogP contribution in [0.2, 0.25) is 0 Å². The molecule has 0 fully saturated rings. The zero-order chi connectivity index (χ0) is 10.1. The molecule has 0 aliphatic heterocycles. The third kappa shape index (κ3) is 1.31. The molecule has 0 saturated carbocycles. The lowest BCUT2D eigenvalue weighted by Gasteiger charge is -1.98. The van der Waals surface area contributed by atoms with Gasteiger partial charge in [-0.25, -0.2) is 14.8 Å². The summed E-state index contributed by atoms with van der Waals surface area (Å²) >= 11 is 4.81. The lowest BCUT2D eigenvalue weighted by molar-refractivity contribution is -0.605. The second-order valence-electron chi connectivity index (χ2n) is 2.52. The van der Waals surface area contributed by atoms with Gasteiger partial charge >= 0.3 is 0 Å². The molecule has 0 atom stereocenters. The molecule has 2 rings (SSSR count). The topological polar surface area (TPSA) is 99.5 Å². The van der Waals surface area contributed by atoms with Crippen LogP contribution in [0.1, 0.15) is 0 Å². The van der Waals surface area contributed by atoms with Crippen molar-refractivity contribution in [3.05, 3.63) is 28.6 Å². The Kier molecular flexibility index (Phi) is 1.89. The lowest BCUT2D eigenvalue weighted by Crippen LogP contribution is -2.25. The summed E-state index contributed by atoms with van der Waals surface area (Å²) in [6.07, 6.45) is 3.89. The molecule has 8 heteroatoms. The van der Waals surface area contributed by atoms with E-state index in [4.69, 9.17) is 18.1 Å². The molecule has 2 heterocycles. The first kappa shape index (κ1) is 8.63. The summed E-state index contributed by atoms with van der Waals surface area (Å²) in [5, 5.41) is 17.3. The fourth-order valence-corrected chi connectivity index (χ4v) is 1.11. The summed E-state index contributed by atoms with van der Waals surface area (Å²) < 4.78 is 2.03. The minimum atomic E-state index is 0.267. The van der Waals surface area contributed by atoms with Crippen molar-refractivity contribution in [2.45, 2.75) is 0 Å². The Morgan fingerprint density at radius 1 is 1.64 bits per heavy atom. The third-order valence-electron chi connectivity index (χ3n) is 1.61. The predicted octanol–water partition coefficient (Wildman–Crippen LogP) is -0.650. The van der Waals surface area contributed by atoms with E-state index in [-0.39, 0.29) is 4.77 Å². The second kappa shape index (κ2) is 3.07. The summed E-state index contributed by atoms with van der Waals surface area (Å²) in [5.74, 6) is 5.87. The van der Waals surface area contributed by atoms with Crippen molar-refractivity contribution in [3.63, 3.8) is 0 Å². The van der Waals surface area contributed by atoms with Gasteiger partial charge in [0.15, 0.2) is 11.9 Å². The molecule has 3 N–H and O–H groups in total. The average Bonchev–Trinajstić information content (AvgIpc) is 2.48. The summed E-state index contributed by atoms with van der Waals surface area (Å²) in [6, 6.07) is 0. The number of aromatic nitrogens is 5. The lowest BCUT2D eigenvalue weighted by atomic mass is 10.4.